The van der Waals surface area contributed by atoms with E-state index in [0.717, 1.165) is 12.2 Å². The normalized spacial score (nSPS) is 30.6. The summed E-state index contributed by atoms with van der Waals surface area (Å²) >= 11 is 0. The van der Waals surface area contributed by atoms with E-state index in [9.17, 15) is 5.11 Å². The van der Waals surface area contributed by atoms with E-state index in [4.69, 9.17) is 10.5 Å². The van der Waals surface area contributed by atoms with Gasteiger partial charge >= 0.3 is 0 Å². The van der Waals surface area contributed by atoms with Crippen LogP contribution in [0.25, 0.3) is 0 Å². The molecule has 2 unspecified atom stereocenters. The first-order chi connectivity index (χ1) is 8.47. The molecule has 2 rings (SSSR count). The van der Waals surface area contributed by atoms with Gasteiger partial charge in [-0.05, 0) is 38.0 Å². The van der Waals surface area contributed by atoms with Gasteiger partial charge in [0.1, 0.15) is 5.75 Å². The Hall–Kier alpha value is -1.06. The van der Waals surface area contributed by atoms with Crippen molar-refractivity contribution in [3.8, 4) is 5.75 Å². The summed E-state index contributed by atoms with van der Waals surface area (Å²) in [6.07, 6.45) is 1.14. The van der Waals surface area contributed by atoms with Crippen LogP contribution in [0.1, 0.15) is 32.8 Å². The van der Waals surface area contributed by atoms with Gasteiger partial charge in [0.15, 0.2) is 0 Å². The molecular weight excluding hydrogens is 226 g/mol. The second-order valence-electron chi connectivity index (χ2n) is 5.84. The van der Waals surface area contributed by atoms with Crippen LogP contribution in [-0.4, -0.2) is 24.4 Å². The molecule has 1 aliphatic carbocycles. The van der Waals surface area contributed by atoms with Gasteiger partial charge < -0.3 is 15.6 Å². The average molecular weight is 249 g/mol. The van der Waals surface area contributed by atoms with Gasteiger partial charge in [0.2, 0.25) is 0 Å². The molecule has 1 aromatic rings. The molecule has 100 valence electrons. The zero-order valence-corrected chi connectivity index (χ0v) is 11.4. The maximum atomic E-state index is 9.52. The molecular formula is C15H23NO2. The Kier molecular flexibility index (Phi) is 3.39. The zero-order chi connectivity index (χ0) is 13.4. The summed E-state index contributed by atoms with van der Waals surface area (Å²) in [7, 11) is 0. The standard InChI is InChI=1S/C15H23NO2/c1-11(2)18-13-6-4-12(5-7-13)14(3)8-15(14,9-16)10-17/h4-7,11,17H,8-10,16H2,1-3H3. The highest BCUT2D eigenvalue weighted by Crippen LogP contribution is 2.63. The molecule has 1 aromatic carbocycles. The second-order valence-corrected chi connectivity index (χ2v) is 5.84. The lowest BCUT2D eigenvalue weighted by atomic mass is 9.88. The number of nitrogens with two attached hydrogens (primary N) is 1. The molecule has 0 aliphatic heterocycles. The number of rotatable bonds is 5. The zero-order valence-electron chi connectivity index (χ0n) is 11.4. The van der Waals surface area contributed by atoms with Crippen LogP contribution in [0.15, 0.2) is 24.3 Å². The van der Waals surface area contributed by atoms with Gasteiger partial charge in [0, 0.05) is 17.4 Å². The first-order valence-corrected chi connectivity index (χ1v) is 6.55. The summed E-state index contributed by atoms with van der Waals surface area (Å²) in [6, 6.07) is 8.17. The van der Waals surface area contributed by atoms with Gasteiger partial charge in [0.25, 0.3) is 0 Å². The summed E-state index contributed by atoms with van der Waals surface area (Å²) in [4.78, 5) is 0. The molecule has 0 amide bonds. The van der Waals surface area contributed by atoms with Gasteiger partial charge in [0.05, 0.1) is 12.7 Å². The van der Waals surface area contributed by atoms with Gasteiger partial charge in [-0.3, -0.25) is 0 Å². The maximum Gasteiger partial charge on any atom is 0.119 e. The van der Waals surface area contributed by atoms with Gasteiger partial charge in [-0.15, -0.1) is 0 Å². The van der Waals surface area contributed by atoms with Crippen molar-refractivity contribution in [2.45, 2.75) is 38.7 Å². The fraction of sp³-hybridized carbons (Fsp3) is 0.600. The number of benzene rings is 1. The number of hydrogen-bond donors (Lipinski definition) is 2. The smallest absolute Gasteiger partial charge is 0.119 e. The molecule has 0 spiro atoms. The van der Waals surface area contributed by atoms with Crippen molar-refractivity contribution in [2.75, 3.05) is 13.2 Å². The van der Waals surface area contributed by atoms with E-state index < -0.39 is 0 Å². The van der Waals surface area contributed by atoms with E-state index in [1.807, 2.05) is 26.0 Å². The fourth-order valence-corrected chi connectivity index (χ4v) is 2.81. The van der Waals surface area contributed by atoms with Crippen molar-refractivity contribution in [1.82, 2.24) is 0 Å². The van der Waals surface area contributed by atoms with E-state index in [1.165, 1.54) is 5.56 Å². The molecule has 0 heterocycles. The van der Waals surface area contributed by atoms with E-state index in [2.05, 4.69) is 19.1 Å². The van der Waals surface area contributed by atoms with Gasteiger partial charge in [-0.25, -0.2) is 0 Å². The molecule has 0 bridgehead atoms. The Labute approximate surface area is 109 Å². The Bertz CT molecular complexity index is 409. The summed E-state index contributed by atoms with van der Waals surface area (Å²) < 4.78 is 5.63. The predicted molar refractivity (Wildman–Crippen MR) is 72.7 cm³/mol. The summed E-state index contributed by atoms with van der Waals surface area (Å²) in [5.74, 6) is 0.889. The first kappa shape index (κ1) is 13.4. The van der Waals surface area contributed by atoms with Crippen molar-refractivity contribution in [1.29, 1.82) is 0 Å². The van der Waals surface area contributed by atoms with Crippen LogP contribution in [0.5, 0.6) is 5.75 Å². The van der Waals surface area contributed by atoms with Crippen molar-refractivity contribution in [3.05, 3.63) is 29.8 Å². The van der Waals surface area contributed by atoms with Crippen LogP contribution >= 0.6 is 0 Å². The molecule has 1 saturated carbocycles. The molecule has 3 nitrogen and oxygen atoms in total. The Morgan fingerprint density at radius 2 is 1.94 bits per heavy atom. The van der Waals surface area contributed by atoms with E-state index >= 15 is 0 Å². The lowest BCUT2D eigenvalue weighted by molar-refractivity contribution is 0.198. The quantitative estimate of drug-likeness (QED) is 0.840. The lowest BCUT2D eigenvalue weighted by Crippen LogP contribution is -2.27. The Morgan fingerprint density at radius 3 is 2.33 bits per heavy atom. The monoisotopic (exact) mass is 249 g/mol. The third kappa shape index (κ3) is 2.02. The van der Waals surface area contributed by atoms with Gasteiger partial charge in [-0.1, -0.05) is 19.1 Å². The largest absolute Gasteiger partial charge is 0.491 e. The number of aliphatic hydroxyl groups excluding tert-OH is 1. The maximum absolute atomic E-state index is 9.52. The van der Waals surface area contributed by atoms with Crippen LogP contribution in [0, 0.1) is 5.41 Å². The van der Waals surface area contributed by atoms with Crippen LogP contribution < -0.4 is 10.5 Å². The molecule has 1 aliphatic rings. The SMILES string of the molecule is CC(C)Oc1ccc(C2(C)CC2(CN)CO)cc1. The lowest BCUT2D eigenvalue weighted by Gasteiger charge is -2.20. The van der Waals surface area contributed by atoms with E-state index in [0.29, 0.717) is 6.54 Å². The van der Waals surface area contributed by atoms with Crippen LogP contribution in [0.2, 0.25) is 0 Å². The molecule has 2 atom stereocenters. The molecule has 0 radical (unpaired) electrons. The van der Waals surface area contributed by atoms with Crippen LogP contribution in [0.3, 0.4) is 0 Å². The molecule has 0 saturated heterocycles. The molecule has 18 heavy (non-hydrogen) atoms. The van der Waals surface area contributed by atoms with Gasteiger partial charge in [-0.2, -0.15) is 0 Å². The molecule has 1 fully saturated rings. The van der Waals surface area contributed by atoms with Crippen LogP contribution in [-0.2, 0) is 5.41 Å². The van der Waals surface area contributed by atoms with E-state index in [1.54, 1.807) is 0 Å². The Balaban J connectivity index is 2.16. The van der Waals surface area contributed by atoms with Crippen molar-refractivity contribution in [3.63, 3.8) is 0 Å². The van der Waals surface area contributed by atoms with Crippen molar-refractivity contribution in [2.24, 2.45) is 11.1 Å². The highest BCUT2D eigenvalue weighted by atomic mass is 16.5. The van der Waals surface area contributed by atoms with Crippen molar-refractivity contribution >= 4 is 0 Å². The summed E-state index contributed by atoms with van der Waals surface area (Å²) in [5, 5.41) is 9.52. The topological polar surface area (TPSA) is 55.5 Å². The predicted octanol–water partition coefficient (Wildman–Crippen LogP) is 2.07. The number of hydrogen-bond acceptors (Lipinski definition) is 3. The molecule has 0 aromatic heterocycles. The summed E-state index contributed by atoms with van der Waals surface area (Å²) in [5.41, 5.74) is 6.91. The summed E-state index contributed by atoms with van der Waals surface area (Å²) in [6.45, 7) is 6.89. The number of aliphatic hydroxyl groups is 1. The third-order valence-electron chi connectivity index (χ3n) is 4.29. The minimum Gasteiger partial charge on any atom is -0.491 e. The highest BCUT2D eigenvalue weighted by Gasteiger charge is 2.63. The first-order valence-electron chi connectivity index (χ1n) is 6.55. The van der Waals surface area contributed by atoms with Crippen LogP contribution in [0.4, 0.5) is 0 Å². The Morgan fingerprint density at radius 1 is 1.33 bits per heavy atom. The van der Waals surface area contributed by atoms with Crippen molar-refractivity contribution < 1.29 is 9.84 Å². The fourth-order valence-electron chi connectivity index (χ4n) is 2.81. The minimum atomic E-state index is -0.132. The van der Waals surface area contributed by atoms with E-state index in [-0.39, 0.29) is 23.5 Å². The highest BCUT2D eigenvalue weighted by molar-refractivity contribution is 5.40. The number of ether oxygens (including phenoxy) is 1. The third-order valence-corrected chi connectivity index (χ3v) is 4.29. The average Bonchev–Trinajstić information content (AvgIpc) is 2.97. The second kappa shape index (κ2) is 4.56. The molecule has 3 heteroatoms. The molecule has 3 N–H and O–H groups in total. The minimum absolute atomic E-state index is 0.00681.